The van der Waals surface area contributed by atoms with E-state index in [9.17, 15) is 4.79 Å². The van der Waals surface area contributed by atoms with E-state index in [0.717, 1.165) is 24.1 Å². The Morgan fingerprint density at radius 2 is 2.09 bits per heavy atom. The lowest BCUT2D eigenvalue weighted by atomic mass is 10.2. The number of nitrogens with zero attached hydrogens (tertiary/aromatic N) is 2. The Kier molecular flexibility index (Phi) is 5.72. The zero-order valence-electron chi connectivity index (χ0n) is 12.7. The van der Waals surface area contributed by atoms with Crippen LogP contribution in [0.4, 0.5) is 11.5 Å². The molecule has 0 saturated carbocycles. The van der Waals surface area contributed by atoms with Crippen molar-refractivity contribution in [1.82, 2.24) is 15.3 Å². The van der Waals surface area contributed by atoms with Crippen molar-refractivity contribution < 1.29 is 4.79 Å². The Morgan fingerprint density at radius 1 is 1.27 bits per heavy atom. The van der Waals surface area contributed by atoms with E-state index in [1.54, 1.807) is 12.3 Å². The molecule has 0 spiro atoms. The third kappa shape index (κ3) is 4.43. The van der Waals surface area contributed by atoms with Gasteiger partial charge in [0.2, 0.25) is 0 Å². The molecule has 0 radical (unpaired) electrons. The van der Waals surface area contributed by atoms with E-state index in [1.807, 2.05) is 19.1 Å². The fourth-order valence-corrected chi connectivity index (χ4v) is 2.11. The Morgan fingerprint density at radius 3 is 2.73 bits per heavy atom. The molecule has 0 saturated heterocycles. The Labute approximate surface area is 135 Å². The number of aromatic nitrogens is 2. The fourth-order valence-electron chi connectivity index (χ4n) is 1.88. The normalized spacial score (nSPS) is 10.3. The fraction of sp³-hybridized carbons (Fsp3) is 0.312. The quantitative estimate of drug-likeness (QED) is 0.797. The first-order valence-electron chi connectivity index (χ1n) is 7.23. The summed E-state index contributed by atoms with van der Waals surface area (Å²) < 4.78 is 0. The summed E-state index contributed by atoms with van der Waals surface area (Å²) in [4.78, 5) is 20.2. The van der Waals surface area contributed by atoms with Crippen LogP contribution in [0.1, 0.15) is 35.8 Å². The van der Waals surface area contributed by atoms with E-state index < -0.39 is 0 Å². The largest absolute Gasteiger partial charge is 0.351 e. The number of hydrogen-bond acceptors (Lipinski definition) is 4. The van der Waals surface area contributed by atoms with Crippen LogP contribution in [0.2, 0.25) is 5.02 Å². The van der Waals surface area contributed by atoms with Gasteiger partial charge in [-0.1, -0.05) is 24.9 Å². The molecule has 2 N–H and O–H groups in total. The highest BCUT2D eigenvalue weighted by atomic mass is 35.5. The predicted molar refractivity (Wildman–Crippen MR) is 88.7 cm³/mol. The van der Waals surface area contributed by atoms with Crippen molar-refractivity contribution in [2.75, 3.05) is 11.9 Å². The molecule has 1 amide bonds. The first-order valence-corrected chi connectivity index (χ1v) is 7.61. The molecule has 0 unspecified atom stereocenters. The minimum absolute atomic E-state index is 0.199. The maximum atomic E-state index is 11.8. The Hall–Kier alpha value is -2.14. The molecule has 0 aliphatic rings. The molecule has 22 heavy (non-hydrogen) atoms. The van der Waals surface area contributed by atoms with E-state index in [2.05, 4.69) is 27.5 Å². The number of carbonyl (C=O) groups is 1. The van der Waals surface area contributed by atoms with Crippen LogP contribution >= 0.6 is 11.6 Å². The Balaban J connectivity index is 2.01. The molecule has 1 heterocycles. The van der Waals surface area contributed by atoms with Gasteiger partial charge in [-0.25, -0.2) is 9.97 Å². The van der Waals surface area contributed by atoms with Crippen molar-refractivity contribution in [2.24, 2.45) is 0 Å². The maximum absolute atomic E-state index is 11.8. The van der Waals surface area contributed by atoms with E-state index in [4.69, 9.17) is 11.6 Å². The van der Waals surface area contributed by atoms with Gasteiger partial charge in [0.15, 0.2) is 0 Å². The molecule has 0 aliphatic heterocycles. The van der Waals surface area contributed by atoms with Crippen LogP contribution in [0.25, 0.3) is 0 Å². The second-order valence-electron chi connectivity index (χ2n) is 4.98. The summed E-state index contributed by atoms with van der Waals surface area (Å²) in [7, 11) is 0. The average molecular weight is 319 g/mol. The summed E-state index contributed by atoms with van der Waals surface area (Å²) in [6.07, 6.45) is 5.00. The molecular formula is C16H19ClN4O. The van der Waals surface area contributed by atoms with Crippen molar-refractivity contribution in [3.05, 3.63) is 46.9 Å². The van der Waals surface area contributed by atoms with E-state index in [-0.39, 0.29) is 5.91 Å². The number of carbonyl (C=O) groups excluding carboxylic acids is 1. The predicted octanol–water partition coefficient (Wildman–Crippen LogP) is 3.71. The van der Waals surface area contributed by atoms with Gasteiger partial charge in [0.05, 0.1) is 12.4 Å². The van der Waals surface area contributed by atoms with Crippen molar-refractivity contribution in [2.45, 2.75) is 26.7 Å². The van der Waals surface area contributed by atoms with E-state index in [0.29, 0.717) is 23.1 Å². The van der Waals surface area contributed by atoms with Crippen molar-refractivity contribution >= 4 is 29.0 Å². The topological polar surface area (TPSA) is 66.9 Å². The van der Waals surface area contributed by atoms with Gasteiger partial charge in [-0.2, -0.15) is 0 Å². The minimum atomic E-state index is -0.199. The number of hydrogen-bond donors (Lipinski definition) is 2. The van der Waals surface area contributed by atoms with Gasteiger partial charge in [-0.05, 0) is 37.1 Å². The van der Waals surface area contributed by atoms with Crippen LogP contribution in [0.15, 0.2) is 30.6 Å². The molecular weight excluding hydrogens is 300 g/mol. The first kappa shape index (κ1) is 16.2. The summed E-state index contributed by atoms with van der Waals surface area (Å²) in [6.45, 7) is 4.68. The van der Waals surface area contributed by atoms with Gasteiger partial charge in [0.25, 0.3) is 5.91 Å². The van der Waals surface area contributed by atoms with Crippen LogP contribution in [0.5, 0.6) is 0 Å². The van der Waals surface area contributed by atoms with Crippen molar-refractivity contribution in [1.29, 1.82) is 0 Å². The second kappa shape index (κ2) is 7.75. The molecule has 0 fully saturated rings. The zero-order chi connectivity index (χ0) is 15.9. The number of rotatable bonds is 6. The molecule has 1 aromatic carbocycles. The molecule has 1 aromatic heterocycles. The lowest BCUT2D eigenvalue weighted by Gasteiger charge is -2.09. The minimum Gasteiger partial charge on any atom is -0.351 e. The number of benzene rings is 1. The average Bonchev–Trinajstić information content (AvgIpc) is 2.51. The van der Waals surface area contributed by atoms with Crippen molar-refractivity contribution in [3.63, 3.8) is 0 Å². The first-order chi connectivity index (χ1) is 10.6. The van der Waals surface area contributed by atoms with Gasteiger partial charge in [-0.3, -0.25) is 4.79 Å². The highest BCUT2D eigenvalue weighted by Gasteiger charge is 2.07. The van der Waals surface area contributed by atoms with Crippen LogP contribution in [-0.4, -0.2) is 22.4 Å². The molecule has 116 valence electrons. The molecule has 5 nitrogen and oxygen atoms in total. The highest BCUT2D eigenvalue weighted by molar-refractivity contribution is 6.30. The standard InChI is InChI=1S/C16H19ClN4O/c1-3-4-7-18-16(22)14-9-20-15(10-19-14)21-13-6-5-12(17)8-11(13)2/h5-6,8-10H,3-4,7H2,1-2H3,(H,18,22)(H,20,21). The van der Waals surface area contributed by atoms with Crippen LogP contribution in [0.3, 0.4) is 0 Å². The second-order valence-corrected chi connectivity index (χ2v) is 5.42. The van der Waals surface area contributed by atoms with E-state index in [1.165, 1.54) is 6.20 Å². The van der Waals surface area contributed by atoms with Crippen LogP contribution in [-0.2, 0) is 0 Å². The smallest absolute Gasteiger partial charge is 0.271 e. The summed E-state index contributed by atoms with van der Waals surface area (Å²) >= 11 is 5.93. The van der Waals surface area contributed by atoms with E-state index >= 15 is 0 Å². The molecule has 2 rings (SSSR count). The van der Waals surface area contributed by atoms with Gasteiger partial charge in [0, 0.05) is 17.3 Å². The molecule has 0 atom stereocenters. The summed E-state index contributed by atoms with van der Waals surface area (Å²) in [5.74, 6) is 0.380. The van der Waals surface area contributed by atoms with Gasteiger partial charge < -0.3 is 10.6 Å². The van der Waals surface area contributed by atoms with Crippen LogP contribution in [0, 0.1) is 6.92 Å². The number of unbranched alkanes of at least 4 members (excludes halogenated alkanes) is 1. The van der Waals surface area contributed by atoms with Gasteiger partial charge in [0.1, 0.15) is 11.5 Å². The molecule has 2 aromatic rings. The third-order valence-electron chi connectivity index (χ3n) is 3.15. The summed E-state index contributed by atoms with van der Waals surface area (Å²) in [5.41, 5.74) is 2.23. The lowest BCUT2D eigenvalue weighted by molar-refractivity contribution is 0.0948. The van der Waals surface area contributed by atoms with Gasteiger partial charge >= 0.3 is 0 Å². The molecule has 6 heteroatoms. The Bertz CT molecular complexity index is 643. The summed E-state index contributed by atoms with van der Waals surface area (Å²) in [6, 6.07) is 5.55. The maximum Gasteiger partial charge on any atom is 0.271 e. The number of amides is 1. The van der Waals surface area contributed by atoms with Crippen molar-refractivity contribution in [3.8, 4) is 0 Å². The summed E-state index contributed by atoms with van der Waals surface area (Å²) in [5, 5.41) is 6.65. The van der Waals surface area contributed by atoms with Gasteiger partial charge in [-0.15, -0.1) is 0 Å². The number of anilines is 2. The lowest BCUT2D eigenvalue weighted by Crippen LogP contribution is -2.25. The molecule has 0 bridgehead atoms. The SMILES string of the molecule is CCCCNC(=O)c1cnc(Nc2ccc(Cl)cc2C)cn1. The number of halogens is 1. The molecule has 0 aliphatic carbocycles. The zero-order valence-corrected chi connectivity index (χ0v) is 13.4. The number of nitrogens with one attached hydrogen (secondary N) is 2. The third-order valence-corrected chi connectivity index (χ3v) is 3.39. The number of aryl methyl sites for hydroxylation is 1. The van der Waals surface area contributed by atoms with Crippen LogP contribution < -0.4 is 10.6 Å². The highest BCUT2D eigenvalue weighted by Crippen LogP contribution is 2.22. The monoisotopic (exact) mass is 318 g/mol.